The molecule has 1 heterocycles. The summed E-state index contributed by atoms with van der Waals surface area (Å²) >= 11 is 14.1. The minimum atomic E-state index is -0.154. The average Bonchev–Trinajstić information content (AvgIpc) is 3.31. The maximum atomic E-state index is 12.9. The van der Waals surface area contributed by atoms with Crippen molar-refractivity contribution in [2.75, 3.05) is 5.32 Å². The van der Waals surface area contributed by atoms with Crippen molar-refractivity contribution in [2.24, 2.45) is 0 Å². The Balaban J connectivity index is 1.56. The van der Waals surface area contributed by atoms with E-state index in [1.807, 2.05) is 66.0 Å². The van der Waals surface area contributed by atoms with Gasteiger partial charge in [0, 0.05) is 27.2 Å². The van der Waals surface area contributed by atoms with Crippen LogP contribution in [0.1, 0.15) is 32.6 Å². The van der Waals surface area contributed by atoms with Crippen LogP contribution in [-0.2, 0) is 25.7 Å². The predicted molar refractivity (Wildman–Crippen MR) is 134 cm³/mol. The second-order valence-corrected chi connectivity index (χ2v) is 9.22. The number of halogens is 2. The third-order valence-electron chi connectivity index (χ3n) is 5.25. The van der Waals surface area contributed by atoms with Crippen LogP contribution in [0.4, 0.5) is 5.13 Å². The highest BCUT2D eigenvalue weighted by Crippen LogP contribution is 2.22. The Labute approximate surface area is 202 Å². The van der Waals surface area contributed by atoms with E-state index >= 15 is 0 Å². The van der Waals surface area contributed by atoms with E-state index in [0.29, 0.717) is 10.7 Å². The molecular weight excluding hydrogens is 459 g/mol. The lowest BCUT2D eigenvalue weighted by Gasteiger charge is -2.11. The fourth-order valence-corrected chi connectivity index (χ4v) is 4.58. The van der Waals surface area contributed by atoms with E-state index in [-0.39, 0.29) is 5.91 Å². The van der Waals surface area contributed by atoms with Crippen LogP contribution in [0.15, 0.2) is 78.3 Å². The van der Waals surface area contributed by atoms with Gasteiger partial charge in [-0.05, 0) is 72.2 Å². The number of thiazole rings is 1. The van der Waals surface area contributed by atoms with Crippen molar-refractivity contribution >= 4 is 45.6 Å². The second-order valence-electron chi connectivity index (χ2n) is 7.51. The third kappa shape index (κ3) is 5.98. The van der Waals surface area contributed by atoms with Crippen LogP contribution >= 0.6 is 34.5 Å². The van der Waals surface area contributed by atoms with Gasteiger partial charge < -0.3 is 0 Å². The molecular formula is C26H22Cl2N2OS. The zero-order chi connectivity index (χ0) is 22.3. The van der Waals surface area contributed by atoms with Gasteiger partial charge in [0.05, 0.1) is 0 Å². The molecule has 0 aliphatic heterocycles. The normalized spacial score (nSPS) is 10.8. The average molecular weight is 481 g/mol. The van der Waals surface area contributed by atoms with E-state index in [2.05, 4.69) is 16.4 Å². The molecule has 0 aliphatic rings. The van der Waals surface area contributed by atoms with Crippen molar-refractivity contribution in [3.05, 3.63) is 116 Å². The summed E-state index contributed by atoms with van der Waals surface area (Å²) in [4.78, 5) is 17.0. The van der Waals surface area contributed by atoms with E-state index in [0.717, 1.165) is 58.0 Å². The van der Waals surface area contributed by atoms with E-state index in [9.17, 15) is 4.79 Å². The molecule has 0 unspecified atom stereocenters. The zero-order valence-electron chi connectivity index (χ0n) is 17.4. The molecule has 6 heteroatoms. The third-order valence-corrected chi connectivity index (χ3v) is 6.68. The van der Waals surface area contributed by atoms with Gasteiger partial charge in [0.2, 0.25) is 0 Å². The van der Waals surface area contributed by atoms with Crippen molar-refractivity contribution in [3.63, 3.8) is 0 Å². The number of amides is 1. The molecule has 0 aliphatic carbocycles. The fourth-order valence-electron chi connectivity index (χ4n) is 3.60. The summed E-state index contributed by atoms with van der Waals surface area (Å²) in [6.45, 7) is 0. The first-order valence-electron chi connectivity index (χ1n) is 10.4. The number of nitrogens with one attached hydrogen (secondary N) is 1. The maximum Gasteiger partial charge on any atom is 0.257 e. The van der Waals surface area contributed by atoms with Crippen LogP contribution in [0, 0.1) is 0 Å². The summed E-state index contributed by atoms with van der Waals surface area (Å²) in [7, 11) is 0. The van der Waals surface area contributed by atoms with Crippen molar-refractivity contribution in [3.8, 4) is 0 Å². The summed E-state index contributed by atoms with van der Waals surface area (Å²) in [6.07, 6.45) is 4.88. The van der Waals surface area contributed by atoms with E-state index < -0.39 is 0 Å². The number of carbonyl (C=O) groups excluding carboxylic acids is 1. The van der Waals surface area contributed by atoms with Gasteiger partial charge in [0.15, 0.2) is 5.13 Å². The topological polar surface area (TPSA) is 42.0 Å². The minimum Gasteiger partial charge on any atom is -0.298 e. The first kappa shape index (κ1) is 22.5. The summed E-state index contributed by atoms with van der Waals surface area (Å²) < 4.78 is 0. The summed E-state index contributed by atoms with van der Waals surface area (Å²) in [5.74, 6) is -0.154. The smallest absolute Gasteiger partial charge is 0.257 e. The first-order valence-corrected chi connectivity index (χ1v) is 12.0. The number of anilines is 1. The van der Waals surface area contributed by atoms with E-state index in [1.54, 1.807) is 6.20 Å². The molecule has 1 amide bonds. The molecule has 0 fully saturated rings. The SMILES string of the molecule is O=C(Nc1nccs1)c1cc(CCc2ccccc2Cl)cc(CCc2ccccc2Cl)c1. The molecule has 32 heavy (non-hydrogen) atoms. The Morgan fingerprint density at radius 3 is 1.88 bits per heavy atom. The quantitative estimate of drug-likeness (QED) is 0.288. The fraction of sp³-hybridized carbons (Fsp3) is 0.154. The molecule has 162 valence electrons. The molecule has 0 saturated carbocycles. The number of aryl methyl sites for hydroxylation is 4. The van der Waals surface area contributed by atoms with Crippen molar-refractivity contribution < 1.29 is 4.79 Å². The molecule has 4 aromatic rings. The van der Waals surface area contributed by atoms with Crippen LogP contribution < -0.4 is 5.32 Å². The van der Waals surface area contributed by atoms with Crippen LogP contribution in [0.2, 0.25) is 10.0 Å². The summed E-state index contributed by atoms with van der Waals surface area (Å²) in [5.41, 5.74) is 5.04. The van der Waals surface area contributed by atoms with Gasteiger partial charge in [0.25, 0.3) is 5.91 Å². The predicted octanol–water partition coefficient (Wildman–Crippen LogP) is 7.27. The van der Waals surface area contributed by atoms with Gasteiger partial charge in [0.1, 0.15) is 0 Å². The maximum absolute atomic E-state index is 12.9. The summed E-state index contributed by atoms with van der Waals surface area (Å²) in [5, 5.41) is 6.85. The van der Waals surface area contributed by atoms with Gasteiger partial charge in [-0.2, -0.15) is 0 Å². The van der Waals surface area contributed by atoms with Crippen LogP contribution in [0.5, 0.6) is 0 Å². The molecule has 1 N–H and O–H groups in total. The molecule has 3 nitrogen and oxygen atoms in total. The van der Waals surface area contributed by atoms with Gasteiger partial charge in [-0.25, -0.2) is 4.98 Å². The Hall–Kier alpha value is -2.66. The minimum absolute atomic E-state index is 0.154. The molecule has 0 saturated heterocycles. The van der Waals surface area contributed by atoms with Crippen LogP contribution in [0.25, 0.3) is 0 Å². The Morgan fingerprint density at radius 1 is 0.812 bits per heavy atom. The van der Waals surface area contributed by atoms with Gasteiger partial charge >= 0.3 is 0 Å². The number of nitrogens with zero attached hydrogens (tertiary/aromatic N) is 1. The van der Waals surface area contributed by atoms with Crippen LogP contribution in [-0.4, -0.2) is 10.9 Å². The Kier molecular flexibility index (Phi) is 7.59. The standard InChI is InChI=1S/C26H22Cl2N2OS/c27-23-7-3-1-5-20(23)11-9-18-15-19(10-12-21-6-2-4-8-24(21)28)17-22(16-18)25(31)30-26-29-13-14-32-26/h1-8,13-17H,9-12H2,(H,29,30,31). The van der Waals surface area contributed by atoms with Crippen molar-refractivity contribution in [1.29, 1.82) is 0 Å². The first-order chi connectivity index (χ1) is 15.6. The summed E-state index contributed by atoms with van der Waals surface area (Å²) in [6, 6.07) is 21.8. The van der Waals surface area contributed by atoms with Gasteiger partial charge in [-0.1, -0.05) is 65.7 Å². The number of hydrogen-bond donors (Lipinski definition) is 1. The highest BCUT2D eigenvalue weighted by Gasteiger charge is 2.12. The molecule has 0 spiro atoms. The van der Waals surface area contributed by atoms with Crippen molar-refractivity contribution in [1.82, 2.24) is 4.98 Å². The molecule has 4 rings (SSSR count). The van der Waals surface area contributed by atoms with Crippen LogP contribution in [0.3, 0.4) is 0 Å². The molecule has 0 bridgehead atoms. The molecule has 0 radical (unpaired) electrons. The highest BCUT2D eigenvalue weighted by atomic mass is 35.5. The monoisotopic (exact) mass is 480 g/mol. The lowest BCUT2D eigenvalue weighted by atomic mass is 9.96. The molecule has 0 atom stereocenters. The molecule has 3 aromatic carbocycles. The van der Waals surface area contributed by atoms with Crippen molar-refractivity contribution in [2.45, 2.75) is 25.7 Å². The lowest BCUT2D eigenvalue weighted by molar-refractivity contribution is 0.102. The zero-order valence-corrected chi connectivity index (χ0v) is 19.7. The lowest BCUT2D eigenvalue weighted by Crippen LogP contribution is -2.13. The van der Waals surface area contributed by atoms with Gasteiger partial charge in [-0.15, -0.1) is 11.3 Å². The second kappa shape index (κ2) is 10.8. The van der Waals surface area contributed by atoms with E-state index in [4.69, 9.17) is 23.2 Å². The van der Waals surface area contributed by atoms with E-state index in [1.165, 1.54) is 11.3 Å². The Morgan fingerprint density at radius 2 is 1.38 bits per heavy atom. The number of rotatable bonds is 8. The van der Waals surface area contributed by atoms with Gasteiger partial charge in [-0.3, -0.25) is 10.1 Å². The number of benzene rings is 3. The largest absolute Gasteiger partial charge is 0.298 e. The number of aromatic nitrogens is 1. The highest BCUT2D eigenvalue weighted by molar-refractivity contribution is 7.13. The molecule has 1 aromatic heterocycles. The number of hydrogen-bond acceptors (Lipinski definition) is 3. The number of carbonyl (C=O) groups is 1. The Bertz CT molecular complexity index is 1140.